The molecule has 15 heavy (non-hydrogen) atoms. The fourth-order valence-corrected chi connectivity index (χ4v) is 3.24. The van der Waals surface area contributed by atoms with E-state index in [1.54, 1.807) is 0 Å². The van der Waals surface area contributed by atoms with Crippen molar-refractivity contribution < 1.29 is 19.1 Å². The summed E-state index contributed by atoms with van der Waals surface area (Å²) in [6.45, 7) is 0. The number of hydrogen-bond acceptors (Lipinski definition) is 4. The van der Waals surface area contributed by atoms with Crippen molar-refractivity contribution in [2.75, 3.05) is 14.2 Å². The Morgan fingerprint density at radius 1 is 0.933 bits per heavy atom. The van der Waals surface area contributed by atoms with Gasteiger partial charge in [0.05, 0.1) is 26.1 Å². The minimum atomic E-state index is -0.263. The van der Waals surface area contributed by atoms with Crippen LogP contribution in [0.3, 0.4) is 0 Å². The minimum absolute atomic E-state index is 0.252. The van der Waals surface area contributed by atoms with Crippen molar-refractivity contribution in [2.45, 2.75) is 19.3 Å². The van der Waals surface area contributed by atoms with Gasteiger partial charge in [-0.1, -0.05) is 0 Å². The van der Waals surface area contributed by atoms with Gasteiger partial charge >= 0.3 is 11.9 Å². The van der Waals surface area contributed by atoms with Crippen molar-refractivity contribution in [1.82, 2.24) is 0 Å². The molecule has 2 rings (SSSR count). The molecular formula is C11H16O4. The van der Waals surface area contributed by atoms with Crippen LogP contribution in [0.1, 0.15) is 19.3 Å². The Morgan fingerprint density at radius 3 is 1.67 bits per heavy atom. The molecule has 4 atom stereocenters. The van der Waals surface area contributed by atoms with Crippen molar-refractivity contribution in [3.63, 3.8) is 0 Å². The SMILES string of the molecule is COC(=O)[C@@H]1[C@H]2CC[C@@H](C2)[C@H]1C(=O)OC. The van der Waals surface area contributed by atoms with Crippen molar-refractivity contribution >= 4 is 11.9 Å². The molecule has 2 aliphatic rings. The fourth-order valence-electron chi connectivity index (χ4n) is 3.24. The van der Waals surface area contributed by atoms with Gasteiger partial charge in [0.15, 0.2) is 0 Å². The first-order valence-corrected chi connectivity index (χ1v) is 5.34. The average Bonchev–Trinajstić information content (AvgIpc) is 2.86. The second kappa shape index (κ2) is 3.83. The summed E-state index contributed by atoms with van der Waals surface area (Å²) in [4.78, 5) is 23.2. The molecular weight excluding hydrogens is 196 g/mol. The predicted octanol–water partition coefficient (Wildman–Crippen LogP) is 0.995. The molecule has 0 aromatic carbocycles. The standard InChI is InChI=1S/C11H16O4/c1-14-10(12)8-6-3-4-7(5-6)9(8)11(13)15-2/h6-9H,3-5H2,1-2H3/t6-,7-,8+,9+/m0/s1. The summed E-state index contributed by atoms with van der Waals surface area (Å²) in [6.07, 6.45) is 3.05. The lowest BCUT2D eigenvalue weighted by Crippen LogP contribution is -2.36. The molecule has 4 nitrogen and oxygen atoms in total. The summed E-state index contributed by atoms with van der Waals surface area (Å²) >= 11 is 0. The molecule has 2 bridgehead atoms. The Bertz CT molecular complexity index is 258. The summed E-state index contributed by atoms with van der Waals surface area (Å²) in [5.74, 6) is -0.379. The highest BCUT2D eigenvalue weighted by molar-refractivity contribution is 5.83. The maximum Gasteiger partial charge on any atom is 0.309 e. The zero-order valence-corrected chi connectivity index (χ0v) is 9.06. The van der Waals surface area contributed by atoms with Crippen molar-refractivity contribution in [3.05, 3.63) is 0 Å². The number of hydrogen-bond donors (Lipinski definition) is 0. The molecule has 0 heterocycles. The van der Waals surface area contributed by atoms with Crippen LogP contribution in [0, 0.1) is 23.7 Å². The third-order valence-electron chi connectivity index (χ3n) is 3.86. The monoisotopic (exact) mass is 212 g/mol. The van der Waals surface area contributed by atoms with Gasteiger partial charge in [0.1, 0.15) is 0 Å². The molecule has 0 spiro atoms. The van der Waals surface area contributed by atoms with E-state index in [2.05, 4.69) is 0 Å². The molecule has 0 aliphatic heterocycles. The predicted molar refractivity (Wildman–Crippen MR) is 51.8 cm³/mol. The second-order valence-corrected chi connectivity index (χ2v) is 4.43. The Labute approximate surface area is 88.9 Å². The van der Waals surface area contributed by atoms with Gasteiger partial charge in [0, 0.05) is 0 Å². The van der Waals surface area contributed by atoms with Crippen LogP contribution in [0.15, 0.2) is 0 Å². The van der Waals surface area contributed by atoms with Crippen LogP contribution in [-0.4, -0.2) is 26.2 Å². The number of rotatable bonds is 2. The zero-order chi connectivity index (χ0) is 11.0. The Balaban J connectivity index is 2.19. The van der Waals surface area contributed by atoms with Gasteiger partial charge in [-0.3, -0.25) is 9.59 Å². The average molecular weight is 212 g/mol. The molecule has 84 valence electrons. The maximum absolute atomic E-state index is 11.6. The van der Waals surface area contributed by atoms with Gasteiger partial charge in [0.2, 0.25) is 0 Å². The van der Waals surface area contributed by atoms with Gasteiger partial charge < -0.3 is 9.47 Å². The second-order valence-electron chi connectivity index (χ2n) is 4.43. The number of carbonyl (C=O) groups is 2. The molecule has 2 fully saturated rings. The van der Waals surface area contributed by atoms with Crippen molar-refractivity contribution in [1.29, 1.82) is 0 Å². The van der Waals surface area contributed by atoms with E-state index in [4.69, 9.17) is 9.47 Å². The van der Waals surface area contributed by atoms with E-state index in [1.807, 2.05) is 0 Å². The van der Waals surface area contributed by atoms with Crippen LogP contribution in [-0.2, 0) is 19.1 Å². The Morgan fingerprint density at radius 2 is 1.33 bits per heavy atom. The largest absolute Gasteiger partial charge is 0.469 e. The van der Waals surface area contributed by atoms with Gasteiger partial charge in [-0.25, -0.2) is 0 Å². The molecule has 0 N–H and O–H groups in total. The first-order chi connectivity index (χ1) is 7.19. The van der Waals surface area contributed by atoms with E-state index in [1.165, 1.54) is 14.2 Å². The summed E-state index contributed by atoms with van der Waals surface area (Å²) < 4.78 is 9.53. The van der Waals surface area contributed by atoms with Crippen LogP contribution in [0.5, 0.6) is 0 Å². The van der Waals surface area contributed by atoms with E-state index in [9.17, 15) is 9.59 Å². The lowest BCUT2D eigenvalue weighted by Gasteiger charge is -2.26. The highest BCUT2D eigenvalue weighted by atomic mass is 16.5. The van der Waals surface area contributed by atoms with Crippen molar-refractivity contribution in [2.24, 2.45) is 23.7 Å². The quantitative estimate of drug-likeness (QED) is 0.641. The highest BCUT2D eigenvalue weighted by Gasteiger charge is 2.54. The lowest BCUT2D eigenvalue weighted by molar-refractivity contribution is -0.160. The summed E-state index contributed by atoms with van der Waals surface area (Å²) in [5, 5.41) is 0. The number of carbonyl (C=O) groups excluding carboxylic acids is 2. The molecule has 0 aromatic heterocycles. The number of methoxy groups -OCH3 is 2. The van der Waals surface area contributed by atoms with Crippen LogP contribution in [0.25, 0.3) is 0 Å². The summed E-state index contributed by atoms with van der Waals surface area (Å²) in [5.41, 5.74) is 0. The Kier molecular flexibility index (Phi) is 2.67. The lowest BCUT2D eigenvalue weighted by atomic mass is 9.79. The molecule has 0 amide bonds. The van der Waals surface area contributed by atoms with E-state index in [-0.39, 0.29) is 23.8 Å². The summed E-state index contributed by atoms with van der Waals surface area (Å²) in [7, 11) is 2.76. The van der Waals surface area contributed by atoms with Crippen molar-refractivity contribution in [3.8, 4) is 0 Å². The third-order valence-corrected chi connectivity index (χ3v) is 3.86. The number of esters is 2. The zero-order valence-electron chi connectivity index (χ0n) is 9.06. The third kappa shape index (κ3) is 1.52. The van der Waals surface area contributed by atoms with Crippen LogP contribution < -0.4 is 0 Å². The molecule has 0 aromatic rings. The number of ether oxygens (including phenoxy) is 2. The Hall–Kier alpha value is -1.06. The molecule has 2 aliphatic carbocycles. The topological polar surface area (TPSA) is 52.6 Å². The van der Waals surface area contributed by atoms with Gasteiger partial charge in [-0.05, 0) is 31.1 Å². The van der Waals surface area contributed by atoms with E-state index < -0.39 is 0 Å². The molecule has 0 radical (unpaired) electrons. The maximum atomic E-state index is 11.6. The fraction of sp³-hybridized carbons (Fsp3) is 0.818. The normalized spacial score (nSPS) is 37.7. The van der Waals surface area contributed by atoms with Gasteiger partial charge in [-0.15, -0.1) is 0 Å². The minimum Gasteiger partial charge on any atom is -0.469 e. The smallest absolute Gasteiger partial charge is 0.309 e. The van der Waals surface area contributed by atoms with Gasteiger partial charge in [0.25, 0.3) is 0 Å². The van der Waals surface area contributed by atoms with E-state index >= 15 is 0 Å². The van der Waals surface area contributed by atoms with Crippen LogP contribution in [0.2, 0.25) is 0 Å². The van der Waals surface area contributed by atoms with Crippen LogP contribution >= 0.6 is 0 Å². The van der Waals surface area contributed by atoms with Gasteiger partial charge in [-0.2, -0.15) is 0 Å². The molecule has 4 heteroatoms. The van der Waals surface area contributed by atoms with E-state index in [0.29, 0.717) is 11.8 Å². The first-order valence-electron chi connectivity index (χ1n) is 5.34. The molecule has 0 saturated heterocycles. The van der Waals surface area contributed by atoms with Crippen LogP contribution in [0.4, 0.5) is 0 Å². The number of fused-ring (bicyclic) bond motifs is 2. The first kappa shape index (κ1) is 10.5. The molecule has 0 unspecified atom stereocenters. The molecule has 2 saturated carbocycles. The summed E-state index contributed by atoms with van der Waals surface area (Å²) in [6, 6.07) is 0. The van der Waals surface area contributed by atoms with E-state index in [0.717, 1.165) is 19.3 Å². The highest BCUT2D eigenvalue weighted by Crippen LogP contribution is 2.52.